The summed E-state index contributed by atoms with van der Waals surface area (Å²) in [4.78, 5) is 0. The third-order valence-corrected chi connectivity index (χ3v) is 2.14. The van der Waals surface area contributed by atoms with E-state index in [2.05, 4.69) is 0 Å². The van der Waals surface area contributed by atoms with E-state index in [1.807, 2.05) is 57.2 Å². The first-order chi connectivity index (χ1) is 7.09. The number of rotatable bonds is 3. The van der Waals surface area contributed by atoms with Gasteiger partial charge in [0.1, 0.15) is 0 Å². The molecule has 0 bridgehead atoms. The van der Waals surface area contributed by atoms with E-state index in [1.54, 1.807) is 6.08 Å². The Balaban J connectivity index is 2.69. The van der Waals surface area contributed by atoms with Crippen molar-refractivity contribution in [3.05, 3.63) is 59.2 Å². The van der Waals surface area contributed by atoms with E-state index in [4.69, 9.17) is 0 Å². The van der Waals surface area contributed by atoms with Gasteiger partial charge in [-0.15, -0.1) is 0 Å². The summed E-state index contributed by atoms with van der Waals surface area (Å²) in [7, 11) is 0. The molecule has 0 saturated heterocycles. The highest BCUT2D eigenvalue weighted by Gasteiger charge is 2.00. The van der Waals surface area contributed by atoms with Crippen molar-refractivity contribution in [3.63, 3.8) is 0 Å². The Hall–Kier alpha value is -1.34. The zero-order valence-electron chi connectivity index (χ0n) is 9.57. The van der Waals surface area contributed by atoms with Crippen LogP contribution in [0.15, 0.2) is 48.1 Å². The summed E-state index contributed by atoms with van der Waals surface area (Å²) < 4.78 is 0. The van der Waals surface area contributed by atoms with E-state index in [1.165, 1.54) is 11.1 Å². The second kappa shape index (κ2) is 5.52. The van der Waals surface area contributed by atoms with Crippen molar-refractivity contribution in [2.45, 2.75) is 26.9 Å². The number of allylic oxidation sites excluding steroid dienone is 3. The predicted molar refractivity (Wildman–Crippen MR) is 64.7 cm³/mol. The molecule has 1 N–H and O–H groups in total. The Morgan fingerprint density at radius 3 is 2.33 bits per heavy atom. The van der Waals surface area contributed by atoms with Gasteiger partial charge in [0.15, 0.2) is 0 Å². The minimum atomic E-state index is -0.513. The van der Waals surface area contributed by atoms with Gasteiger partial charge >= 0.3 is 0 Å². The first-order valence-corrected chi connectivity index (χ1v) is 5.16. The van der Waals surface area contributed by atoms with Gasteiger partial charge < -0.3 is 5.11 Å². The minimum absolute atomic E-state index is 0.513. The molecule has 15 heavy (non-hydrogen) atoms. The van der Waals surface area contributed by atoms with Crippen LogP contribution in [-0.4, -0.2) is 5.11 Å². The van der Waals surface area contributed by atoms with E-state index < -0.39 is 6.10 Å². The Morgan fingerprint density at radius 2 is 1.80 bits per heavy atom. The van der Waals surface area contributed by atoms with Crippen LogP contribution in [-0.2, 0) is 0 Å². The van der Waals surface area contributed by atoms with E-state index in [0.717, 1.165) is 5.56 Å². The maximum Gasteiger partial charge on any atom is 0.0974 e. The molecule has 1 rings (SSSR count). The van der Waals surface area contributed by atoms with Crippen LogP contribution in [0, 0.1) is 6.92 Å². The molecule has 1 heteroatoms. The molecule has 0 saturated carbocycles. The highest BCUT2D eigenvalue weighted by Crippen LogP contribution is 2.14. The van der Waals surface area contributed by atoms with Gasteiger partial charge in [-0.05, 0) is 26.3 Å². The molecular weight excluding hydrogens is 184 g/mol. The van der Waals surface area contributed by atoms with Crippen molar-refractivity contribution in [1.29, 1.82) is 0 Å². The van der Waals surface area contributed by atoms with Crippen LogP contribution in [0.2, 0.25) is 0 Å². The summed E-state index contributed by atoms with van der Waals surface area (Å²) in [6, 6.07) is 7.92. The Morgan fingerprint density at radius 1 is 1.20 bits per heavy atom. The molecular formula is C14H18O. The lowest BCUT2D eigenvalue weighted by Crippen LogP contribution is -1.92. The molecule has 0 heterocycles. The zero-order valence-corrected chi connectivity index (χ0v) is 9.57. The van der Waals surface area contributed by atoms with Crippen molar-refractivity contribution >= 4 is 0 Å². The SMILES string of the molecule is CC(C)=C/C=C\C(O)c1ccc(C)cc1. The van der Waals surface area contributed by atoms with Crippen molar-refractivity contribution in [2.75, 3.05) is 0 Å². The largest absolute Gasteiger partial charge is 0.384 e. The van der Waals surface area contributed by atoms with Crippen LogP contribution in [0.4, 0.5) is 0 Å². The first kappa shape index (κ1) is 11.7. The van der Waals surface area contributed by atoms with Crippen LogP contribution in [0.25, 0.3) is 0 Å². The molecule has 0 radical (unpaired) electrons. The Kier molecular flexibility index (Phi) is 4.32. The number of aryl methyl sites for hydroxylation is 1. The number of aliphatic hydroxyl groups is 1. The summed E-state index contributed by atoms with van der Waals surface area (Å²) in [5.41, 5.74) is 3.36. The van der Waals surface area contributed by atoms with Crippen molar-refractivity contribution < 1.29 is 5.11 Å². The smallest absolute Gasteiger partial charge is 0.0974 e. The van der Waals surface area contributed by atoms with E-state index >= 15 is 0 Å². The predicted octanol–water partition coefficient (Wildman–Crippen LogP) is 3.55. The first-order valence-electron chi connectivity index (χ1n) is 5.16. The fraction of sp³-hybridized carbons (Fsp3) is 0.286. The Labute approximate surface area is 91.8 Å². The zero-order chi connectivity index (χ0) is 11.3. The lowest BCUT2D eigenvalue weighted by molar-refractivity contribution is 0.228. The number of benzene rings is 1. The van der Waals surface area contributed by atoms with E-state index in [9.17, 15) is 5.11 Å². The van der Waals surface area contributed by atoms with Crippen LogP contribution in [0.1, 0.15) is 31.1 Å². The van der Waals surface area contributed by atoms with Crippen LogP contribution in [0.3, 0.4) is 0 Å². The normalized spacial score (nSPS) is 12.8. The van der Waals surface area contributed by atoms with E-state index in [0.29, 0.717) is 0 Å². The molecule has 0 spiro atoms. The van der Waals surface area contributed by atoms with Gasteiger partial charge in [0.05, 0.1) is 6.10 Å². The monoisotopic (exact) mass is 202 g/mol. The Bertz CT molecular complexity index is 353. The second-order valence-electron chi connectivity index (χ2n) is 3.98. The van der Waals surface area contributed by atoms with Gasteiger partial charge in [0, 0.05) is 0 Å². The van der Waals surface area contributed by atoms with Crippen LogP contribution >= 0.6 is 0 Å². The summed E-state index contributed by atoms with van der Waals surface area (Å²) in [6.45, 7) is 6.10. The molecule has 1 unspecified atom stereocenters. The molecule has 0 amide bonds. The number of hydrogen-bond donors (Lipinski definition) is 1. The minimum Gasteiger partial charge on any atom is -0.384 e. The molecule has 0 aliphatic carbocycles. The third-order valence-electron chi connectivity index (χ3n) is 2.14. The molecule has 1 atom stereocenters. The van der Waals surface area contributed by atoms with Crippen molar-refractivity contribution in [1.82, 2.24) is 0 Å². The standard InChI is InChI=1S/C14H18O/c1-11(2)5-4-6-14(15)13-9-7-12(3)8-10-13/h4-10,14-15H,1-3H3/b6-4-. The summed E-state index contributed by atoms with van der Waals surface area (Å²) in [5, 5.41) is 9.81. The van der Waals surface area contributed by atoms with Crippen LogP contribution in [0.5, 0.6) is 0 Å². The van der Waals surface area contributed by atoms with Gasteiger partial charge in [-0.3, -0.25) is 0 Å². The van der Waals surface area contributed by atoms with E-state index in [-0.39, 0.29) is 0 Å². The molecule has 1 nitrogen and oxygen atoms in total. The molecule has 0 aromatic heterocycles. The van der Waals surface area contributed by atoms with Crippen molar-refractivity contribution in [2.24, 2.45) is 0 Å². The summed E-state index contributed by atoms with van der Waals surface area (Å²) in [5.74, 6) is 0. The molecule has 80 valence electrons. The average Bonchev–Trinajstić information content (AvgIpc) is 2.18. The highest BCUT2D eigenvalue weighted by molar-refractivity contribution is 5.26. The molecule has 0 fully saturated rings. The maximum atomic E-state index is 9.81. The molecule has 1 aromatic rings. The lowest BCUT2D eigenvalue weighted by Gasteiger charge is -2.05. The second-order valence-corrected chi connectivity index (χ2v) is 3.98. The van der Waals surface area contributed by atoms with Gasteiger partial charge in [-0.25, -0.2) is 0 Å². The van der Waals surface area contributed by atoms with Gasteiger partial charge in [0.25, 0.3) is 0 Å². The van der Waals surface area contributed by atoms with Gasteiger partial charge in [-0.1, -0.05) is 53.6 Å². The van der Waals surface area contributed by atoms with Gasteiger partial charge in [0.2, 0.25) is 0 Å². The van der Waals surface area contributed by atoms with Crippen LogP contribution < -0.4 is 0 Å². The number of aliphatic hydroxyl groups excluding tert-OH is 1. The quantitative estimate of drug-likeness (QED) is 0.743. The molecule has 0 aliphatic heterocycles. The lowest BCUT2D eigenvalue weighted by atomic mass is 10.1. The fourth-order valence-electron chi connectivity index (χ4n) is 1.23. The average molecular weight is 202 g/mol. The highest BCUT2D eigenvalue weighted by atomic mass is 16.3. The van der Waals surface area contributed by atoms with Gasteiger partial charge in [-0.2, -0.15) is 0 Å². The molecule has 0 aliphatic rings. The topological polar surface area (TPSA) is 20.2 Å². The third kappa shape index (κ3) is 4.13. The number of hydrogen-bond acceptors (Lipinski definition) is 1. The summed E-state index contributed by atoms with van der Waals surface area (Å²) >= 11 is 0. The molecule has 1 aromatic carbocycles. The maximum absolute atomic E-state index is 9.81. The summed E-state index contributed by atoms with van der Waals surface area (Å²) in [6.07, 6.45) is 5.15. The van der Waals surface area contributed by atoms with Crippen molar-refractivity contribution in [3.8, 4) is 0 Å². The fourth-order valence-corrected chi connectivity index (χ4v) is 1.23.